The summed E-state index contributed by atoms with van der Waals surface area (Å²) in [6, 6.07) is 22.8. The first-order chi connectivity index (χ1) is 17.3. The lowest BCUT2D eigenvalue weighted by molar-refractivity contribution is -0.141. The molecule has 0 bridgehead atoms. The molecular formula is C27H30ClN3O5S. The van der Waals surface area contributed by atoms with Gasteiger partial charge in [0, 0.05) is 18.5 Å². The van der Waals surface area contributed by atoms with E-state index in [1.54, 1.807) is 42.5 Å². The molecule has 0 saturated carbocycles. The minimum atomic E-state index is -3.74. The molecule has 3 aromatic rings. The molecule has 0 spiro atoms. The molecule has 1 fully saturated rings. The molecule has 0 unspecified atom stereocenters. The first-order valence-electron chi connectivity index (χ1n) is 11.6. The lowest BCUT2D eigenvalue weighted by Crippen LogP contribution is -2.39. The number of halogens is 1. The van der Waals surface area contributed by atoms with E-state index in [2.05, 4.69) is 0 Å². The Morgan fingerprint density at radius 2 is 1.59 bits per heavy atom. The van der Waals surface area contributed by atoms with Gasteiger partial charge in [-0.3, -0.25) is 10.2 Å². The maximum Gasteiger partial charge on any atom is 0.305 e. The fraction of sp³-hybridized carbons (Fsp3) is 0.259. The van der Waals surface area contributed by atoms with Crippen LogP contribution in [0.2, 0.25) is 0 Å². The fourth-order valence-corrected chi connectivity index (χ4v) is 6.12. The third-order valence-corrected chi connectivity index (χ3v) is 8.24. The topological polar surface area (TPSA) is 123 Å². The molecule has 1 aliphatic heterocycles. The highest BCUT2D eigenvalue weighted by Gasteiger charge is 2.41. The van der Waals surface area contributed by atoms with E-state index in [1.165, 1.54) is 11.4 Å². The van der Waals surface area contributed by atoms with Crippen molar-refractivity contribution in [2.45, 2.75) is 23.8 Å². The Morgan fingerprint density at radius 1 is 1.00 bits per heavy atom. The van der Waals surface area contributed by atoms with Crippen LogP contribution in [0.25, 0.3) is 11.1 Å². The van der Waals surface area contributed by atoms with Gasteiger partial charge in [0.15, 0.2) is 0 Å². The third-order valence-electron chi connectivity index (χ3n) is 6.31. The van der Waals surface area contributed by atoms with Crippen LogP contribution >= 0.6 is 12.4 Å². The van der Waals surface area contributed by atoms with Crippen molar-refractivity contribution in [2.75, 3.05) is 20.3 Å². The standard InChI is InChI=1S/C27H29N3O5S.ClH/c1-34-26(31)16-19-15-23(30(17-19)36(32,33)25-5-3-2-4-6-25)18-35-24-13-11-21(12-14-24)20-7-9-22(10-8-20)27(28)29;/h2-14,19,23H,15-18H2,1H3,(H3,28,29);1H/t19-,23-;/m0./s1. The van der Waals surface area contributed by atoms with E-state index < -0.39 is 16.1 Å². The van der Waals surface area contributed by atoms with Crippen LogP contribution in [0.15, 0.2) is 83.8 Å². The summed E-state index contributed by atoms with van der Waals surface area (Å²) in [6.45, 7) is 0.395. The number of methoxy groups -OCH3 is 1. The number of rotatable bonds is 9. The average molecular weight is 544 g/mol. The highest BCUT2D eigenvalue weighted by molar-refractivity contribution is 7.89. The molecule has 1 heterocycles. The lowest BCUT2D eigenvalue weighted by Gasteiger charge is -2.24. The predicted octanol–water partition coefficient (Wildman–Crippen LogP) is 4.08. The summed E-state index contributed by atoms with van der Waals surface area (Å²) >= 11 is 0. The van der Waals surface area contributed by atoms with E-state index in [0.29, 0.717) is 17.7 Å². The van der Waals surface area contributed by atoms with Crippen molar-refractivity contribution < 1.29 is 22.7 Å². The molecule has 8 nitrogen and oxygen atoms in total. The van der Waals surface area contributed by atoms with Crippen molar-refractivity contribution in [1.82, 2.24) is 4.31 Å². The Balaban J connectivity index is 0.00000380. The number of amidine groups is 1. The molecule has 1 aliphatic rings. The van der Waals surface area contributed by atoms with Gasteiger partial charge in [-0.15, -0.1) is 12.4 Å². The quantitative estimate of drug-likeness (QED) is 0.238. The highest BCUT2D eigenvalue weighted by Crippen LogP contribution is 2.32. The lowest BCUT2D eigenvalue weighted by atomic mass is 10.0. The van der Waals surface area contributed by atoms with Crippen LogP contribution in [0.5, 0.6) is 5.75 Å². The minimum Gasteiger partial charge on any atom is -0.492 e. The van der Waals surface area contributed by atoms with Crippen molar-refractivity contribution >= 4 is 34.2 Å². The second-order valence-electron chi connectivity index (χ2n) is 8.75. The summed E-state index contributed by atoms with van der Waals surface area (Å²) in [4.78, 5) is 12.1. The molecule has 3 N–H and O–H groups in total. The van der Waals surface area contributed by atoms with Crippen molar-refractivity contribution in [2.24, 2.45) is 11.7 Å². The largest absolute Gasteiger partial charge is 0.492 e. The number of nitrogens with one attached hydrogen (secondary N) is 1. The van der Waals surface area contributed by atoms with Crippen molar-refractivity contribution in [3.8, 4) is 16.9 Å². The van der Waals surface area contributed by atoms with E-state index in [0.717, 1.165) is 11.1 Å². The molecule has 4 rings (SSSR count). The Kier molecular flexibility index (Phi) is 9.31. The molecule has 37 heavy (non-hydrogen) atoms. The average Bonchev–Trinajstić information content (AvgIpc) is 3.31. The van der Waals surface area contributed by atoms with Gasteiger partial charge in [0.05, 0.1) is 18.0 Å². The second-order valence-corrected chi connectivity index (χ2v) is 10.6. The van der Waals surface area contributed by atoms with Gasteiger partial charge in [-0.2, -0.15) is 4.31 Å². The molecule has 0 radical (unpaired) electrons. The third kappa shape index (κ3) is 6.68. The summed E-state index contributed by atoms with van der Waals surface area (Å²) in [5, 5.41) is 7.51. The normalized spacial score (nSPS) is 17.5. The summed E-state index contributed by atoms with van der Waals surface area (Å²) in [5.74, 6) is 0.136. The number of nitrogen functional groups attached to an aromatic ring is 1. The maximum absolute atomic E-state index is 13.4. The summed E-state index contributed by atoms with van der Waals surface area (Å²) in [5.41, 5.74) is 8.14. The van der Waals surface area contributed by atoms with Gasteiger partial charge in [-0.05, 0) is 47.7 Å². The van der Waals surface area contributed by atoms with Gasteiger partial charge in [-0.1, -0.05) is 54.6 Å². The second kappa shape index (κ2) is 12.2. The van der Waals surface area contributed by atoms with Gasteiger partial charge in [0.25, 0.3) is 0 Å². The zero-order valence-electron chi connectivity index (χ0n) is 20.4. The van der Waals surface area contributed by atoms with Crippen molar-refractivity contribution in [3.63, 3.8) is 0 Å². The molecule has 2 atom stereocenters. The zero-order valence-corrected chi connectivity index (χ0v) is 22.0. The summed E-state index contributed by atoms with van der Waals surface area (Å²) < 4.78 is 39.0. The van der Waals surface area contributed by atoms with Crippen LogP contribution < -0.4 is 10.5 Å². The van der Waals surface area contributed by atoms with Gasteiger partial charge in [0.1, 0.15) is 18.2 Å². The van der Waals surface area contributed by atoms with Crippen LogP contribution in [0, 0.1) is 11.3 Å². The summed E-state index contributed by atoms with van der Waals surface area (Å²) in [6.07, 6.45) is 0.659. The highest BCUT2D eigenvalue weighted by atomic mass is 35.5. The van der Waals surface area contributed by atoms with E-state index >= 15 is 0 Å². The van der Waals surface area contributed by atoms with Crippen LogP contribution in [0.4, 0.5) is 0 Å². The zero-order chi connectivity index (χ0) is 25.7. The summed E-state index contributed by atoms with van der Waals surface area (Å²) in [7, 11) is -2.41. The first kappa shape index (κ1) is 28.2. The fourth-order valence-electron chi connectivity index (χ4n) is 4.40. The molecule has 0 aromatic heterocycles. The number of hydrogen-bond donors (Lipinski definition) is 2. The minimum absolute atomic E-state index is 0. The Labute approximate surface area is 223 Å². The first-order valence-corrected chi connectivity index (χ1v) is 13.0. The van der Waals surface area contributed by atoms with Crippen LogP contribution in [0.1, 0.15) is 18.4 Å². The van der Waals surface area contributed by atoms with Crippen LogP contribution in [-0.4, -0.2) is 50.8 Å². The van der Waals surface area contributed by atoms with E-state index in [9.17, 15) is 13.2 Å². The van der Waals surface area contributed by atoms with E-state index in [-0.39, 0.29) is 54.6 Å². The van der Waals surface area contributed by atoms with Gasteiger partial charge in [0.2, 0.25) is 10.0 Å². The molecule has 1 saturated heterocycles. The number of nitrogens with two attached hydrogens (primary N) is 1. The van der Waals surface area contributed by atoms with Crippen LogP contribution in [0.3, 0.4) is 0 Å². The molecule has 196 valence electrons. The molecule has 0 amide bonds. The van der Waals surface area contributed by atoms with E-state index in [4.69, 9.17) is 20.6 Å². The molecule has 10 heteroatoms. The Hall–Kier alpha value is -3.40. The Morgan fingerprint density at radius 3 is 2.16 bits per heavy atom. The van der Waals surface area contributed by atoms with Crippen molar-refractivity contribution in [3.05, 3.63) is 84.4 Å². The number of esters is 1. The number of benzene rings is 3. The van der Waals surface area contributed by atoms with Gasteiger partial charge >= 0.3 is 5.97 Å². The molecule has 0 aliphatic carbocycles. The number of ether oxygens (including phenoxy) is 2. The smallest absolute Gasteiger partial charge is 0.305 e. The molecular weight excluding hydrogens is 514 g/mol. The van der Waals surface area contributed by atoms with Gasteiger partial charge < -0.3 is 15.2 Å². The van der Waals surface area contributed by atoms with Crippen LogP contribution in [-0.2, 0) is 19.6 Å². The number of sulfonamides is 1. The number of carbonyl (C=O) groups is 1. The number of nitrogens with zero attached hydrogens (tertiary/aromatic N) is 1. The molecule has 3 aromatic carbocycles. The maximum atomic E-state index is 13.4. The Bertz CT molecular complexity index is 1320. The number of carbonyl (C=O) groups excluding carboxylic acids is 1. The monoisotopic (exact) mass is 543 g/mol. The van der Waals surface area contributed by atoms with Gasteiger partial charge in [-0.25, -0.2) is 8.42 Å². The number of hydrogen-bond acceptors (Lipinski definition) is 6. The predicted molar refractivity (Wildman–Crippen MR) is 144 cm³/mol. The SMILES string of the molecule is COC(=O)C[C@@H]1C[C@@H](COc2ccc(-c3ccc(C(=N)N)cc3)cc2)N(S(=O)(=O)c2ccccc2)C1.Cl. The van der Waals surface area contributed by atoms with E-state index in [1.807, 2.05) is 36.4 Å². The van der Waals surface area contributed by atoms with Crippen molar-refractivity contribution in [1.29, 1.82) is 5.41 Å².